The Kier molecular flexibility index (Phi) is 4.47. The van der Waals surface area contributed by atoms with Crippen LogP contribution < -0.4 is 10.6 Å². The average molecular weight is 333 g/mol. The van der Waals surface area contributed by atoms with Gasteiger partial charge < -0.3 is 20.0 Å². The number of aromatic amines is 1. The maximum absolute atomic E-state index is 12.5. The first-order valence-corrected chi connectivity index (χ1v) is 8.14. The van der Waals surface area contributed by atoms with Gasteiger partial charge in [-0.1, -0.05) is 12.8 Å². The number of carbonyl (C=O) groups is 2. The molecule has 7 heteroatoms. The molecule has 0 radical (unpaired) electrons. The van der Waals surface area contributed by atoms with Crippen LogP contribution in [0.4, 0.5) is 0 Å². The van der Waals surface area contributed by atoms with Crippen molar-refractivity contribution in [2.75, 3.05) is 7.05 Å². The zero-order valence-electron chi connectivity index (χ0n) is 12.8. The molecule has 1 saturated carbocycles. The molecule has 0 unspecified atom stereocenters. The van der Waals surface area contributed by atoms with Crippen molar-refractivity contribution >= 4 is 35.1 Å². The number of carbonyl (C=O) groups excluding carboxylic acids is 2. The van der Waals surface area contributed by atoms with Gasteiger partial charge in [-0.05, 0) is 43.3 Å². The molecule has 1 fully saturated rings. The highest BCUT2D eigenvalue weighted by molar-refractivity contribution is 7.71. The summed E-state index contributed by atoms with van der Waals surface area (Å²) in [6.45, 7) is 0. The smallest absolute Gasteiger partial charge is 0.266 e. The van der Waals surface area contributed by atoms with Crippen molar-refractivity contribution in [2.24, 2.45) is 5.92 Å². The standard InChI is InChI=1S/C16H19N3O3S/c1-17-15(21)10-4-2-3-5-11(10)18-14(20)9-6-7-12-13(8-9)22-16(23)19-12/h6-8,10-11H,2-5H2,1H3,(H,17,21)(H,18,20)(H,19,23)/t10-,11+/m0/s1. The summed E-state index contributed by atoms with van der Waals surface area (Å²) in [7, 11) is 1.63. The number of rotatable bonds is 3. The van der Waals surface area contributed by atoms with Crippen LogP contribution in [-0.2, 0) is 4.79 Å². The number of H-pyrrole nitrogens is 1. The van der Waals surface area contributed by atoms with E-state index in [1.54, 1.807) is 25.2 Å². The zero-order chi connectivity index (χ0) is 16.4. The zero-order valence-corrected chi connectivity index (χ0v) is 13.7. The second-order valence-corrected chi connectivity index (χ2v) is 6.18. The number of fused-ring (bicyclic) bond motifs is 1. The van der Waals surface area contributed by atoms with E-state index in [0.717, 1.165) is 31.2 Å². The van der Waals surface area contributed by atoms with E-state index in [1.807, 2.05) is 0 Å². The molecule has 0 aliphatic heterocycles. The van der Waals surface area contributed by atoms with Crippen LogP contribution in [-0.4, -0.2) is 29.9 Å². The summed E-state index contributed by atoms with van der Waals surface area (Å²) < 4.78 is 5.34. The minimum atomic E-state index is -0.199. The van der Waals surface area contributed by atoms with Gasteiger partial charge >= 0.3 is 0 Å². The van der Waals surface area contributed by atoms with Crippen LogP contribution in [0.25, 0.3) is 11.1 Å². The Morgan fingerprint density at radius 3 is 2.87 bits per heavy atom. The van der Waals surface area contributed by atoms with E-state index >= 15 is 0 Å². The number of benzene rings is 1. The molecule has 23 heavy (non-hydrogen) atoms. The Hall–Kier alpha value is -2.15. The summed E-state index contributed by atoms with van der Waals surface area (Å²) in [5.41, 5.74) is 1.80. The Labute approximate surface area is 138 Å². The summed E-state index contributed by atoms with van der Waals surface area (Å²) in [4.78, 5) is 27.7. The lowest BCUT2D eigenvalue weighted by molar-refractivity contribution is -0.126. The third kappa shape index (κ3) is 3.29. The second kappa shape index (κ2) is 6.54. The van der Waals surface area contributed by atoms with Crippen LogP contribution in [0.1, 0.15) is 36.0 Å². The maximum atomic E-state index is 12.5. The first-order valence-electron chi connectivity index (χ1n) is 7.74. The van der Waals surface area contributed by atoms with Crippen molar-refractivity contribution in [3.05, 3.63) is 28.6 Å². The minimum Gasteiger partial charge on any atom is -0.429 e. The molecule has 0 spiro atoms. The topological polar surface area (TPSA) is 87.1 Å². The Morgan fingerprint density at radius 1 is 1.30 bits per heavy atom. The molecular weight excluding hydrogens is 314 g/mol. The van der Waals surface area contributed by atoms with Gasteiger partial charge in [0.1, 0.15) is 0 Å². The maximum Gasteiger partial charge on any atom is 0.266 e. The van der Waals surface area contributed by atoms with Gasteiger partial charge in [0.05, 0.1) is 11.4 Å². The van der Waals surface area contributed by atoms with E-state index < -0.39 is 0 Å². The van der Waals surface area contributed by atoms with Crippen molar-refractivity contribution in [1.29, 1.82) is 0 Å². The molecule has 3 N–H and O–H groups in total. The Morgan fingerprint density at radius 2 is 2.09 bits per heavy atom. The van der Waals surface area contributed by atoms with Crippen LogP contribution in [0, 0.1) is 10.8 Å². The number of nitrogens with one attached hydrogen (secondary N) is 3. The van der Waals surface area contributed by atoms with Crippen LogP contribution in [0.15, 0.2) is 22.6 Å². The fourth-order valence-corrected chi connectivity index (χ4v) is 3.34. The molecule has 1 aliphatic carbocycles. The van der Waals surface area contributed by atoms with Crippen LogP contribution in [0.5, 0.6) is 0 Å². The number of hydrogen-bond donors (Lipinski definition) is 3. The van der Waals surface area contributed by atoms with Crippen LogP contribution in [0.2, 0.25) is 0 Å². The predicted molar refractivity (Wildman–Crippen MR) is 88.7 cm³/mol. The molecular formula is C16H19N3O3S. The number of oxazole rings is 1. The lowest BCUT2D eigenvalue weighted by Crippen LogP contribution is -2.47. The molecule has 1 aromatic heterocycles. The summed E-state index contributed by atoms with van der Waals surface area (Å²) >= 11 is 4.94. The van der Waals surface area contributed by atoms with Crippen molar-refractivity contribution < 1.29 is 14.0 Å². The quantitative estimate of drug-likeness (QED) is 0.753. The highest BCUT2D eigenvalue weighted by Crippen LogP contribution is 2.25. The van der Waals surface area contributed by atoms with E-state index in [1.165, 1.54) is 0 Å². The third-order valence-corrected chi connectivity index (χ3v) is 4.53. The first kappa shape index (κ1) is 15.7. The number of amides is 2. The van der Waals surface area contributed by atoms with Gasteiger partial charge in [0, 0.05) is 18.7 Å². The second-order valence-electron chi connectivity index (χ2n) is 5.81. The Bertz CT molecular complexity index is 795. The summed E-state index contributed by atoms with van der Waals surface area (Å²) in [5.74, 6) is -0.380. The highest BCUT2D eigenvalue weighted by atomic mass is 32.1. The molecule has 2 amide bonds. The fourth-order valence-electron chi connectivity index (χ4n) is 3.14. The van der Waals surface area contributed by atoms with E-state index in [0.29, 0.717) is 11.1 Å². The van der Waals surface area contributed by atoms with Crippen molar-refractivity contribution in [1.82, 2.24) is 15.6 Å². The molecule has 122 valence electrons. The van der Waals surface area contributed by atoms with Crippen LogP contribution in [0.3, 0.4) is 0 Å². The normalized spacial score (nSPS) is 21.1. The lowest BCUT2D eigenvalue weighted by Gasteiger charge is -2.30. The Balaban J connectivity index is 1.78. The van der Waals surface area contributed by atoms with Gasteiger partial charge in [-0.25, -0.2) is 0 Å². The molecule has 6 nitrogen and oxygen atoms in total. The molecule has 0 bridgehead atoms. The number of aromatic nitrogens is 1. The van der Waals surface area contributed by atoms with E-state index in [9.17, 15) is 9.59 Å². The lowest BCUT2D eigenvalue weighted by atomic mass is 9.83. The van der Waals surface area contributed by atoms with E-state index in [4.69, 9.17) is 16.6 Å². The SMILES string of the molecule is CNC(=O)[C@H]1CCCC[C@H]1NC(=O)c1ccc2[nH]c(=S)oc2c1. The molecule has 2 aromatic rings. The van der Waals surface area contributed by atoms with Gasteiger partial charge in [0.2, 0.25) is 5.91 Å². The minimum absolute atomic E-state index is 0.0122. The largest absolute Gasteiger partial charge is 0.429 e. The first-order chi connectivity index (χ1) is 11.1. The van der Waals surface area contributed by atoms with Gasteiger partial charge in [-0.15, -0.1) is 0 Å². The van der Waals surface area contributed by atoms with Gasteiger partial charge in [-0.2, -0.15) is 0 Å². The number of hydrogen-bond acceptors (Lipinski definition) is 4. The van der Waals surface area contributed by atoms with E-state index in [2.05, 4.69) is 15.6 Å². The molecule has 1 aliphatic rings. The fraction of sp³-hybridized carbons (Fsp3) is 0.438. The predicted octanol–water partition coefficient (Wildman–Crippen LogP) is 2.52. The summed E-state index contributed by atoms with van der Waals surface area (Å²) in [5, 5.41) is 5.68. The molecule has 3 rings (SSSR count). The van der Waals surface area contributed by atoms with Crippen LogP contribution >= 0.6 is 12.2 Å². The molecule has 1 heterocycles. The third-order valence-electron chi connectivity index (χ3n) is 4.35. The average Bonchev–Trinajstić information content (AvgIpc) is 2.93. The molecule has 1 aromatic carbocycles. The van der Waals surface area contributed by atoms with Crippen molar-refractivity contribution in [2.45, 2.75) is 31.7 Å². The van der Waals surface area contributed by atoms with Crippen molar-refractivity contribution in [3.8, 4) is 0 Å². The van der Waals surface area contributed by atoms with Crippen molar-refractivity contribution in [3.63, 3.8) is 0 Å². The van der Waals surface area contributed by atoms with Gasteiger partial charge in [0.15, 0.2) is 5.58 Å². The molecule has 2 atom stereocenters. The summed E-state index contributed by atoms with van der Waals surface area (Å²) in [6.07, 6.45) is 3.65. The van der Waals surface area contributed by atoms with Gasteiger partial charge in [0.25, 0.3) is 10.7 Å². The van der Waals surface area contributed by atoms with Gasteiger partial charge in [-0.3, -0.25) is 9.59 Å². The molecule has 0 saturated heterocycles. The summed E-state index contributed by atoms with van der Waals surface area (Å²) in [6, 6.07) is 5.01. The monoisotopic (exact) mass is 333 g/mol. The highest BCUT2D eigenvalue weighted by Gasteiger charge is 2.31. The van der Waals surface area contributed by atoms with E-state index in [-0.39, 0.29) is 28.6 Å².